The largest absolute Gasteiger partial charge is 0.388 e. The lowest BCUT2D eigenvalue weighted by molar-refractivity contribution is -0.105. The number of nitrogens with zero attached hydrogens (tertiary/aromatic N) is 2. The zero-order valence-electron chi connectivity index (χ0n) is 19.5. The molecule has 4 rings (SSSR count). The van der Waals surface area contributed by atoms with E-state index in [0.29, 0.717) is 17.1 Å². The molecule has 8 heteroatoms. The van der Waals surface area contributed by atoms with Crippen molar-refractivity contribution < 1.29 is 9.59 Å². The average molecular weight is 499 g/mol. The number of hydrogen-bond acceptors (Lipinski definition) is 6. The Morgan fingerprint density at radius 3 is 2.44 bits per heavy atom. The van der Waals surface area contributed by atoms with E-state index in [4.69, 9.17) is 11.6 Å². The Kier molecular flexibility index (Phi) is 12.6. The lowest BCUT2D eigenvalue weighted by Crippen LogP contribution is -2.14. The van der Waals surface area contributed by atoms with E-state index in [1.165, 1.54) is 36.3 Å². The van der Waals surface area contributed by atoms with Gasteiger partial charge in [-0.2, -0.15) is 0 Å². The lowest BCUT2D eigenvalue weighted by atomic mass is 10.2. The van der Waals surface area contributed by atoms with Gasteiger partial charge >= 0.3 is 0 Å². The molecule has 0 radical (unpaired) electrons. The highest BCUT2D eigenvalue weighted by molar-refractivity contribution is 8.00. The van der Waals surface area contributed by atoms with Gasteiger partial charge in [-0.15, -0.1) is 0 Å². The molecule has 1 aromatic heterocycles. The van der Waals surface area contributed by atoms with Crippen molar-refractivity contribution in [1.29, 1.82) is 0 Å². The van der Waals surface area contributed by atoms with Gasteiger partial charge in [0.15, 0.2) is 0 Å². The van der Waals surface area contributed by atoms with Crippen LogP contribution >= 0.6 is 23.5 Å². The van der Waals surface area contributed by atoms with Gasteiger partial charge < -0.3 is 14.9 Å². The topological polar surface area (TPSA) is 74.3 Å². The highest BCUT2D eigenvalue weighted by Crippen LogP contribution is 2.27. The van der Waals surface area contributed by atoms with Crippen LogP contribution in [0.5, 0.6) is 0 Å². The highest BCUT2D eigenvalue weighted by Gasteiger charge is 2.10. The number of aryl methyl sites for hydroxylation is 1. The van der Waals surface area contributed by atoms with Crippen LogP contribution < -0.4 is 14.9 Å². The number of rotatable bonds is 5. The molecule has 1 saturated heterocycles. The number of aromatic nitrogens is 1. The number of amides is 1. The van der Waals surface area contributed by atoms with Gasteiger partial charge in [0, 0.05) is 48.7 Å². The Balaban J connectivity index is 0.000000192. The van der Waals surface area contributed by atoms with Crippen LogP contribution in [0.15, 0.2) is 67.0 Å². The Bertz CT molecular complexity index is 995. The summed E-state index contributed by atoms with van der Waals surface area (Å²) in [5.74, 6) is 1.20. The minimum absolute atomic E-state index is 0.529. The van der Waals surface area contributed by atoms with Crippen molar-refractivity contribution in [2.45, 2.75) is 26.2 Å². The van der Waals surface area contributed by atoms with Crippen LogP contribution in [0.4, 0.5) is 17.1 Å². The minimum atomic E-state index is 0.529. The Hall–Kier alpha value is -3.03. The third-order valence-corrected chi connectivity index (χ3v) is 6.35. The van der Waals surface area contributed by atoms with Crippen molar-refractivity contribution in [3.8, 4) is 0 Å². The molecule has 0 aliphatic carbocycles. The Morgan fingerprint density at radius 1 is 1.06 bits per heavy atom. The summed E-state index contributed by atoms with van der Waals surface area (Å²) >= 11 is 7.68. The summed E-state index contributed by atoms with van der Waals surface area (Å²) in [5, 5.41) is 5.97. The Labute approximate surface area is 211 Å². The number of halogens is 1. The van der Waals surface area contributed by atoms with Gasteiger partial charge in [-0.3, -0.25) is 14.6 Å². The van der Waals surface area contributed by atoms with E-state index in [1.807, 2.05) is 67.5 Å². The first-order chi connectivity index (χ1) is 16.6. The molecule has 2 heterocycles. The van der Waals surface area contributed by atoms with E-state index >= 15 is 0 Å². The second-order valence-corrected chi connectivity index (χ2v) is 8.96. The summed E-state index contributed by atoms with van der Waals surface area (Å²) < 4.78 is 2.33. The molecule has 1 amide bonds. The second-order valence-electron chi connectivity index (χ2n) is 7.44. The number of carbonyl (C=O) groups is 2. The second kappa shape index (κ2) is 15.7. The average Bonchev–Trinajstić information content (AvgIpc) is 3.17. The van der Waals surface area contributed by atoms with Crippen LogP contribution in [0.1, 0.15) is 35.2 Å². The van der Waals surface area contributed by atoms with Gasteiger partial charge in [0.1, 0.15) is 6.29 Å². The quantitative estimate of drug-likeness (QED) is 0.310. The van der Waals surface area contributed by atoms with Gasteiger partial charge in [0.05, 0.1) is 10.7 Å². The maximum Gasteiger partial charge on any atom is 0.211 e. The van der Waals surface area contributed by atoms with Gasteiger partial charge in [-0.1, -0.05) is 24.1 Å². The predicted molar refractivity (Wildman–Crippen MR) is 145 cm³/mol. The summed E-state index contributed by atoms with van der Waals surface area (Å²) in [6.45, 7) is 3.14. The Morgan fingerprint density at radius 2 is 1.85 bits per heavy atom. The van der Waals surface area contributed by atoms with E-state index in [9.17, 15) is 9.59 Å². The number of anilines is 3. The van der Waals surface area contributed by atoms with Crippen LogP contribution in [0.3, 0.4) is 0 Å². The zero-order chi connectivity index (χ0) is 24.6. The molecule has 2 aromatic carbocycles. The molecule has 1 fully saturated rings. The minimum Gasteiger partial charge on any atom is -0.388 e. The molecule has 0 bridgehead atoms. The molecule has 34 heavy (non-hydrogen) atoms. The summed E-state index contributed by atoms with van der Waals surface area (Å²) in [5.41, 5.74) is 4.69. The first-order valence-corrected chi connectivity index (χ1v) is 12.4. The van der Waals surface area contributed by atoms with E-state index in [0.717, 1.165) is 24.1 Å². The molecule has 2 N–H and O–H groups in total. The molecule has 0 saturated carbocycles. The fourth-order valence-corrected chi connectivity index (χ4v) is 4.25. The fourth-order valence-electron chi connectivity index (χ4n) is 3.00. The summed E-state index contributed by atoms with van der Waals surface area (Å²) in [6, 6.07) is 17.1. The van der Waals surface area contributed by atoms with Crippen LogP contribution in [-0.2, 0) is 4.79 Å². The van der Waals surface area contributed by atoms with Crippen molar-refractivity contribution in [2.24, 2.45) is 0 Å². The number of benzene rings is 2. The number of carbonyl (C=O) groups excluding carboxylic acids is 2. The molecule has 0 unspecified atom stereocenters. The van der Waals surface area contributed by atoms with Gasteiger partial charge in [-0.05, 0) is 85.8 Å². The normalized spacial score (nSPS) is 12.6. The molecule has 6 nitrogen and oxygen atoms in total. The molecule has 1 aliphatic heterocycles. The SMILES string of the molecule is CNc1ccc(Cl)c(NC=O)c1.Cc1cccnc1.O=Cc1ccc(N2CCCCCS2)cc1. The van der Waals surface area contributed by atoms with Gasteiger partial charge in [0.2, 0.25) is 6.41 Å². The predicted octanol–water partition coefficient (Wildman–Crippen LogP) is 6.48. The van der Waals surface area contributed by atoms with Crippen molar-refractivity contribution in [2.75, 3.05) is 34.3 Å². The van der Waals surface area contributed by atoms with Gasteiger partial charge in [0.25, 0.3) is 0 Å². The maximum atomic E-state index is 10.5. The molecule has 0 spiro atoms. The number of hydrogen-bond donors (Lipinski definition) is 2. The molecular weight excluding hydrogens is 468 g/mol. The first-order valence-electron chi connectivity index (χ1n) is 11.1. The van der Waals surface area contributed by atoms with Crippen molar-refractivity contribution in [3.05, 3.63) is 83.1 Å². The number of aldehydes is 1. The van der Waals surface area contributed by atoms with Gasteiger partial charge in [-0.25, -0.2) is 0 Å². The van der Waals surface area contributed by atoms with E-state index < -0.39 is 0 Å². The molecule has 1 aliphatic rings. The smallest absolute Gasteiger partial charge is 0.211 e. The number of pyridine rings is 1. The van der Waals surface area contributed by atoms with Crippen LogP contribution in [-0.4, -0.2) is 37.0 Å². The molecule has 0 atom stereocenters. The highest BCUT2D eigenvalue weighted by atomic mass is 35.5. The summed E-state index contributed by atoms with van der Waals surface area (Å²) in [4.78, 5) is 24.6. The maximum absolute atomic E-state index is 10.5. The first kappa shape index (κ1) is 27.2. The standard InChI is InChI=1S/C12H15NOS.C8H9ClN2O.C6H7N/c14-10-11-4-6-12(7-5-11)13-8-2-1-3-9-15-13;1-10-6-2-3-7(9)8(4-6)11-5-12;1-6-3-2-4-7-5-6/h4-7,10H,1-3,8-9H2;2-5,10H,1H3,(H,11,12);2-5H,1H3. The van der Waals surface area contributed by atoms with Crippen molar-refractivity contribution >= 4 is 53.3 Å². The third-order valence-electron chi connectivity index (χ3n) is 4.85. The zero-order valence-corrected chi connectivity index (χ0v) is 21.1. The number of nitrogens with one attached hydrogen (secondary N) is 2. The molecular formula is C26H31ClN4O2S. The summed E-state index contributed by atoms with van der Waals surface area (Å²) in [7, 11) is 1.80. The fraction of sp³-hybridized carbons (Fsp3) is 0.269. The molecule has 180 valence electrons. The third kappa shape index (κ3) is 9.85. The summed E-state index contributed by atoms with van der Waals surface area (Å²) in [6.07, 6.45) is 9.00. The van der Waals surface area contributed by atoms with E-state index in [1.54, 1.807) is 25.4 Å². The van der Waals surface area contributed by atoms with Crippen molar-refractivity contribution in [3.63, 3.8) is 0 Å². The monoisotopic (exact) mass is 498 g/mol. The van der Waals surface area contributed by atoms with E-state index in [-0.39, 0.29) is 0 Å². The molecule has 3 aromatic rings. The van der Waals surface area contributed by atoms with Crippen molar-refractivity contribution in [1.82, 2.24) is 4.98 Å². The van der Waals surface area contributed by atoms with Crippen LogP contribution in [0.25, 0.3) is 0 Å². The van der Waals surface area contributed by atoms with Crippen LogP contribution in [0.2, 0.25) is 5.02 Å². The lowest BCUT2D eigenvalue weighted by Gasteiger charge is -2.20. The van der Waals surface area contributed by atoms with E-state index in [2.05, 4.69) is 19.9 Å². The van der Waals surface area contributed by atoms with Crippen LogP contribution in [0, 0.1) is 6.92 Å².